The third-order valence-electron chi connectivity index (χ3n) is 2.12. The van der Waals surface area contributed by atoms with E-state index in [4.69, 9.17) is 10.2 Å². The van der Waals surface area contributed by atoms with E-state index >= 15 is 0 Å². The van der Waals surface area contributed by atoms with Crippen molar-refractivity contribution < 1.29 is 9.21 Å². The second-order valence-corrected chi connectivity index (χ2v) is 3.31. The van der Waals surface area contributed by atoms with Gasteiger partial charge in [-0.3, -0.25) is 4.79 Å². The number of carbonyl (C=O) groups excluding carboxylic acids is 1. The lowest BCUT2D eigenvalue weighted by atomic mass is 10.2. The Kier molecular flexibility index (Phi) is 3.71. The van der Waals surface area contributed by atoms with Crippen molar-refractivity contribution in [2.45, 2.75) is 26.3 Å². The summed E-state index contributed by atoms with van der Waals surface area (Å²) in [5, 5.41) is 2.72. The van der Waals surface area contributed by atoms with Gasteiger partial charge in [-0.25, -0.2) is 0 Å². The second kappa shape index (κ2) is 4.81. The van der Waals surface area contributed by atoms with Gasteiger partial charge in [0, 0.05) is 18.2 Å². The monoisotopic (exact) mass is 196 g/mol. The summed E-state index contributed by atoms with van der Waals surface area (Å²) in [4.78, 5) is 11.5. The van der Waals surface area contributed by atoms with E-state index in [0.717, 1.165) is 12.0 Å². The summed E-state index contributed by atoms with van der Waals surface area (Å²) in [6.07, 6.45) is 2.35. The van der Waals surface area contributed by atoms with Gasteiger partial charge in [0.1, 0.15) is 0 Å². The predicted molar refractivity (Wildman–Crippen MR) is 54.0 cm³/mol. The molecule has 0 radical (unpaired) electrons. The number of furan rings is 1. The summed E-state index contributed by atoms with van der Waals surface area (Å²) in [6, 6.07) is 1.77. The first kappa shape index (κ1) is 10.8. The zero-order chi connectivity index (χ0) is 10.6. The highest BCUT2D eigenvalue weighted by atomic mass is 16.3. The maximum atomic E-state index is 11.5. The molecule has 1 amide bonds. The van der Waals surface area contributed by atoms with Gasteiger partial charge in [0.2, 0.25) is 0 Å². The van der Waals surface area contributed by atoms with Gasteiger partial charge in [-0.2, -0.15) is 0 Å². The zero-order valence-electron chi connectivity index (χ0n) is 8.54. The fourth-order valence-electron chi connectivity index (χ4n) is 1.05. The van der Waals surface area contributed by atoms with Crippen molar-refractivity contribution in [3.8, 4) is 0 Å². The lowest BCUT2D eigenvalue weighted by Crippen LogP contribution is -2.36. The fraction of sp³-hybridized carbons (Fsp3) is 0.500. The van der Waals surface area contributed by atoms with E-state index in [1.807, 2.05) is 13.8 Å². The molecule has 4 nitrogen and oxygen atoms in total. The van der Waals surface area contributed by atoms with E-state index in [-0.39, 0.29) is 11.9 Å². The van der Waals surface area contributed by atoms with Crippen LogP contribution in [-0.4, -0.2) is 18.5 Å². The van der Waals surface area contributed by atoms with Crippen LogP contribution in [0.25, 0.3) is 0 Å². The molecule has 0 saturated heterocycles. The molecular weight excluding hydrogens is 180 g/mol. The fourth-order valence-corrected chi connectivity index (χ4v) is 1.05. The number of amides is 1. The van der Waals surface area contributed by atoms with Gasteiger partial charge in [0.15, 0.2) is 5.76 Å². The molecule has 0 fully saturated rings. The van der Waals surface area contributed by atoms with Crippen LogP contribution >= 0.6 is 0 Å². The minimum absolute atomic E-state index is 0.00854. The molecule has 3 N–H and O–H groups in total. The van der Waals surface area contributed by atoms with Crippen LogP contribution in [0.4, 0.5) is 0 Å². The van der Waals surface area contributed by atoms with Crippen molar-refractivity contribution in [2.24, 2.45) is 5.73 Å². The molecule has 1 rings (SSSR count). The maximum absolute atomic E-state index is 11.5. The van der Waals surface area contributed by atoms with Gasteiger partial charge in [-0.15, -0.1) is 0 Å². The third-order valence-corrected chi connectivity index (χ3v) is 2.12. The lowest BCUT2D eigenvalue weighted by Gasteiger charge is -2.09. The molecule has 1 heterocycles. The van der Waals surface area contributed by atoms with Gasteiger partial charge in [0.05, 0.1) is 6.26 Å². The van der Waals surface area contributed by atoms with Crippen LogP contribution in [0.1, 0.15) is 29.5 Å². The van der Waals surface area contributed by atoms with Gasteiger partial charge in [-0.05, 0) is 19.4 Å². The average molecular weight is 196 g/mol. The Labute approximate surface area is 83.5 Å². The summed E-state index contributed by atoms with van der Waals surface area (Å²) in [5.41, 5.74) is 6.51. The normalized spacial score (nSPS) is 12.5. The Morgan fingerprint density at radius 3 is 2.93 bits per heavy atom. The van der Waals surface area contributed by atoms with Crippen LogP contribution in [0.3, 0.4) is 0 Å². The van der Waals surface area contributed by atoms with E-state index in [9.17, 15) is 4.79 Å². The van der Waals surface area contributed by atoms with Crippen LogP contribution < -0.4 is 11.1 Å². The maximum Gasteiger partial charge on any atom is 0.287 e. The molecule has 78 valence electrons. The zero-order valence-corrected chi connectivity index (χ0v) is 8.54. The minimum Gasteiger partial charge on any atom is -0.459 e. The molecule has 0 spiro atoms. The lowest BCUT2D eigenvalue weighted by molar-refractivity contribution is 0.0922. The standard InChI is InChI=1S/C10H16N2O2/c1-3-8(11)6-12-10(13)9-7(2)4-5-14-9/h4-5,8H,3,6,11H2,1-2H3,(H,12,13). The molecule has 0 aliphatic heterocycles. The molecule has 14 heavy (non-hydrogen) atoms. The first-order chi connectivity index (χ1) is 6.65. The summed E-state index contributed by atoms with van der Waals surface area (Å²) in [7, 11) is 0. The Balaban J connectivity index is 2.47. The Bertz CT molecular complexity index is 307. The largest absolute Gasteiger partial charge is 0.459 e. The summed E-state index contributed by atoms with van der Waals surface area (Å²) < 4.78 is 5.04. The van der Waals surface area contributed by atoms with Crippen molar-refractivity contribution in [3.63, 3.8) is 0 Å². The summed E-state index contributed by atoms with van der Waals surface area (Å²) in [6.45, 7) is 4.29. The number of hydrogen-bond donors (Lipinski definition) is 2. The molecular formula is C10H16N2O2. The highest BCUT2D eigenvalue weighted by molar-refractivity contribution is 5.92. The number of carbonyl (C=O) groups is 1. The van der Waals surface area contributed by atoms with Crippen LogP contribution in [0.5, 0.6) is 0 Å². The van der Waals surface area contributed by atoms with Crippen molar-refractivity contribution in [1.82, 2.24) is 5.32 Å². The Morgan fingerprint density at radius 1 is 1.71 bits per heavy atom. The van der Waals surface area contributed by atoms with Crippen molar-refractivity contribution in [2.75, 3.05) is 6.54 Å². The van der Waals surface area contributed by atoms with E-state index in [1.165, 1.54) is 6.26 Å². The molecule has 0 aliphatic carbocycles. The average Bonchev–Trinajstić information content (AvgIpc) is 2.60. The van der Waals surface area contributed by atoms with Gasteiger partial charge in [-0.1, -0.05) is 6.92 Å². The SMILES string of the molecule is CCC(N)CNC(=O)c1occc1C. The smallest absolute Gasteiger partial charge is 0.287 e. The molecule has 1 aromatic heterocycles. The van der Waals surface area contributed by atoms with Crippen LogP contribution in [0.2, 0.25) is 0 Å². The van der Waals surface area contributed by atoms with E-state index in [2.05, 4.69) is 5.32 Å². The number of aryl methyl sites for hydroxylation is 1. The molecule has 4 heteroatoms. The van der Waals surface area contributed by atoms with Crippen molar-refractivity contribution >= 4 is 5.91 Å². The molecule has 0 bridgehead atoms. The van der Waals surface area contributed by atoms with E-state index < -0.39 is 0 Å². The summed E-state index contributed by atoms with van der Waals surface area (Å²) in [5.74, 6) is 0.171. The minimum atomic E-state index is -0.198. The second-order valence-electron chi connectivity index (χ2n) is 3.31. The van der Waals surface area contributed by atoms with Crippen molar-refractivity contribution in [1.29, 1.82) is 0 Å². The number of nitrogens with one attached hydrogen (secondary N) is 1. The highest BCUT2D eigenvalue weighted by Crippen LogP contribution is 2.07. The van der Waals surface area contributed by atoms with Gasteiger partial charge < -0.3 is 15.5 Å². The molecule has 0 aliphatic rings. The van der Waals surface area contributed by atoms with Crippen LogP contribution in [0.15, 0.2) is 16.7 Å². The van der Waals surface area contributed by atoms with Crippen LogP contribution in [-0.2, 0) is 0 Å². The molecule has 1 atom stereocenters. The van der Waals surface area contributed by atoms with E-state index in [0.29, 0.717) is 12.3 Å². The highest BCUT2D eigenvalue weighted by Gasteiger charge is 2.12. The molecule has 1 unspecified atom stereocenters. The molecule has 1 aromatic rings. The van der Waals surface area contributed by atoms with E-state index in [1.54, 1.807) is 6.07 Å². The third kappa shape index (κ3) is 2.60. The predicted octanol–water partition coefficient (Wildman–Crippen LogP) is 1.06. The first-order valence-corrected chi connectivity index (χ1v) is 4.73. The van der Waals surface area contributed by atoms with Gasteiger partial charge in [0.25, 0.3) is 5.91 Å². The number of rotatable bonds is 4. The van der Waals surface area contributed by atoms with Gasteiger partial charge >= 0.3 is 0 Å². The molecule has 0 aromatic carbocycles. The Morgan fingerprint density at radius 2 is 2.43 bits per heavy atom. The number of nitrogens with two attached hydrogens (primary N) is 1. The quantitative estimate of drug-likeness (QED) is 0.756. The van der Waals surface area contributed by atoms with Crippen molar-refractivity contribution in [3.05, 3.63) is 23.7 Å². The Hall–Kier alpha value is -1.29. The summed E-state index contributed by atoms with van der Waals surface area (Å²) >= 11 is 0. The topological polar surface area (TPSA) is 68.3 Å². The first-order valence-electron chi connectivity index (χ1n) is 4.73. The van der Waals surface area contributed by atoms with Crippen LogP contribution in [0, 0.1) is 6.92 Å². The molecule has 0 saturated carbocycles. The number of hydrogen-bond acceptors (Lipinski definition) is 3.